The van der Waals surface area contributed by atoms with Crippen molar-refractivity contribution in [2.24, 2.45) is 0 Å². The fourth-order valence-electron chi connectivity index (χ4n) is 2.44. The molecule has 0 fully saturated rings. The van der Waals surface area contributed by atoms with Crippen LogP contribution in [0.5, 0.6) is 0 Å². The van der Waals surface area contributed by atoms with E-state index in [0.29, 0.717) is 11.3 Å². The number of amides is 1. The Balaban J connectivity index is 1.65. The van der Waals surface area contributed by atoms with E-state index in [4.69, 9.17) is 9.26 Å². The Labute approximate surface area is 144 Å². The minimum absolute atomic E-state index is 0.174. The Morgan fingerprint density at radius 3 is 2.72 bits per heavy atom. The van der Waals surface area contributed by atoms with Gasteiger partial charge in [0.25, 0.3) is 5.91 Å². The van der Waals surface area contributed by atoms with Gasteiger partial charge in [-0.2, -0.15) is 0 Å². The van der Waals surface area contributed by atoms with Crippen LogP contribution >= 0.6 is 0 Å². The second-order valence-electron chi connectivity index (χ2n) is 5.43. The highest BCUT2D eigenvalue weighted by molar-refractivity contribution is 5.93. The molecule has 128 valence electrons. The van der Waals surface area contributed by atoms with Gasteiger partial charge in [0.2, 0.25) is 0 Å². The van der Waals surface area contributed by atoms with Gasteiger partial charge in [0.05, 0.1) is 6.10 Å². The summed E-state index contributed by atoms with van der Waals surface area (Å²) < 4.78 is 23.9. The van der Waals surface area contributed by atoms with Crippen molar-refractivity contribution in [2.75, 3.05) is 13.7 Å². The van der Waals surface area contributed by atoms with E-state index in [1.54, 1.807) is 18.2 Å². The minimum Gasteiger partial charge on any atom is -0.375 e. The van der Waals surface area contributed by atoms with E-state index < -0.39 is 6.10 Å². The lowest BCUT2D eigenvalue weighted by atomic mass is 10.1. The molecule has 6 heteroatoms. The van der Waals surface area contributed by atoms with Crippen LogP contribution < -0.4 is 5.32 Å². The number of hydrogen-bond donors (Lipinski definition) is 1. The quantitative estimate of drug-likeness (QED) is 0.745. The lowest BCUT2D eigenvalue weighted by Crippen LogP contribution is -2.29. The monoisotopic (exact) mass is 340 g/mol. The van der Waals surface area contributed by atoms with Gasteiger partial charge >= 0.3 is 0 Å². The molecule has 0 spiro atoms. The highest BCUT2D eigenvalue weighted by Crippen LogP contribution is 2.20. The molecule has 3 rings (SSSR count). The van der Waals surface area contributed by atoms with E-state index in [1.807, 2.05) is 30.3 Å². The Kier molecular flexibility index (Phi) is 5.20. The van der Waals surface area contributed by atoms with Crippen molar-refractivity contribution in [1.82, 2.24) is 10.5 Å². The zero-order chi connectivity index (χ0) is 17.6. The number of halogens is 1. The molecule has 2 aromatic carbocycles. The molecular weight excluding hydrogens is 323 g/mol. The molecule has 1 aromatic heterocycles. The van der Waals surface area contributed by atoms with Crippen LogP contribution in [0, 0.1) is 5.82 Å². The van der Waals surface area contributed by atoms with Crippen LogP contribution in [-0.4, -0.2) is 24.7 Å². The number of carbonyl (C=O) groups is 1. The summed E-state index contributed by atoms with van der Waals surface area (Å²) in [6.45, 7) is 0.187. The number of hydrogen-bond acceptors (Lipinski definition) is 4. The fourth-order valence-corrected chi connectivity index (χ4v) is 2.44. The first-order chi connectivity index (χ1) is 12.2. The van der Waals surface area contributed by atoms with Crippen LogP contribution in [0.4, 0.5) is 4.39 Å². The first-order valence-corrected chi connectivity index (χ1v) is 7.76. The second-order valence-corrected chi connectivity index (χ2v) is 5.43. The van der Waals surface area contributed by atoms with Crippen molar-refractivity contribution >= 4 is 5.91 Å². The van der Waals surface area contributed by atoms with Crippen LogP contribution in [0.25, 0.3) is 11.3 Å². The van der Waals surface area contributed by atoms with Crippen LogP contribution in [0.3, 0.4) is 0 Å². The molecule has 0 bridgehead atoms. The predicted octanol–water partition coefficient (Wildman–Crippen LogP) is 3.60. The topological polar surface area (TPSA) is 64.4 Å². The average Bonchev–Trinajstić information content (AvgIpc) is 3.13. The molecule has 0 aliphatic rings. The van der Waals surface area contributed by atoms with Gasteiger partial charge in [0.15, 0.2) is 11.5 Å². The maximum atomic E-state index is 13.3. The number of carbonyl (C=O) groups excluding carboxylic acids is 1. The third kappa shape index (κ3) is 4.10. The smallest absolute Gasteiger partial charge is 0.273 e. The summed E-state index contributed by atoms with van der Waals surface area (Å²) in [5.41, 5.74) is 1.66. The van der Waals surface area contributed by atoms with Crippen molar-refractivity contribution < 1.29 is 18.4 Å². The van der Waals surface area contributed by atoms with E-state index in [9.17, 15) is 9.18 Å². The van der Waals surface area contributed by atoms with Crippen LogP contribution in [0.15, 0.2) is 65.2 Å². The standard InChI is InChI=1S/C19H17FN2O3/c1-24-18(14-8-5-9-15(20)10-14)12-21-19(23)16-11-17(25-22-16)13-6-3-2-4-7-13/h2-11,18H,12H2,1H3,(H,21,23)/t18-/m1/s1. The summed E-state index contributed by atoms with van der Waals surface area (Å²) in [5, 5.41) is 6.52. The normalized spacial score (nSPS) is 11.9. The predicted molar refractivity (Wildman–Crippen MR) is 90.4 cm³/mol. The van der Waals surface area contributed by atoms with Crippen molar-refractivity contribution in [2.45, 2.75) is 6.10 Å². The van der Waals surface area contributed by atoms with Crippen molar-refractivity contribution in [3.8, 4) is 11.3 Å². The molecule has 0 saturated heterocycles. The summed E-state index contributed by atoms with van der Waals surface area (Å²) in [6, 6.07) is 17.0. The highest BCUT2D eigenvalue weighted by atomic mass is 19.1. The second kappa shape index (κ2) is 7.72. The zero-order valence-electron chi connectivity index (χ0n) is 13.6. The minimum atomic E-state index is -0.458. The fraction of sp³-hybridized carbons (Fsp3) is 0.158. The number of rotatable bonds is 6. The number of benzene rings is 2. The summed E-state index contributed by atoms with van der Waals surface area (Å²) in [4.78, 5) is 12.2. The zero-order valence-corrected chi connectivity index (χ0v) is 13.6. The van der Waals surface area contributed by atoms with Crippen LogP contribution in [0.2, 0.25) is 0 Å². The maximum absolute atomic E-state index is 13.3. The van der Waals surface area contributed by atoms with Gasteiger partial charge in [-0.1, -0.05) is 47.6 Å². The molecule has 1 N–H and O–H groups in total. The Morgan fingerprint density at radius 1 is 1.20 bits per heavy atom. The van der Waals surface area contributed by atoms with Crippen molar-refractivity contribution in [3.05, 3.63) is 77.7 Å². The average molecular weight is 340 g/mol. The van der Waals surface area contributed by atoms with Gasteiger partial charge in [-0.3, -0.25) is 4.79 Å². The molecule has 1 atom stereocenters. The van der Waals surface area contributed by atoms with Gasteiger partial charge in [-0.15, -0.1) is 0 Å². The van der Waals surface area contributed by atoms with Crippen LogP contribution in [0.1, 0.15) is 22.2 Å². The third-order valence-corrected chi connectivity index (χ3v) is 3.75. The van der Waals surface area contributed by atoms with E-state index in [-0.39, 0.29) is 24.0 Å². The molecule has 3 aromatic rings. The molecule has 0 saturated carbocycles. The van der Waals surface area contributed by atoms with Crippen molar-refractivity contribution in [3.63, 3.8) is 0 Å². The first kappa shape index (κ1) is 16.9. The lowest BCUT2D eigenvalue weighted by Gasteiger charge is -2.16. The Bertz CT molecular complexity index is 849. The van der Waals surface area contributed by atoms with Gasteiger partial charge in [0.1, 0.15) is 5.82 Å². The molecule has 0 aliphatic carbocycles. The summed E-state index contributed by atoms with van der Waals surface area (Å²) >= 11 is 0. The third-order valence-electron chi connectivity index (χ3n) is 3.75. The largest absolute Gasteiger partial charge is 0.375 e. The number of nitrogens with one attached hydrogen (secondary N) is 1. The number of ether oxygens (including phenoxy) is 1. The molecule has 0 unspecified atom stereocenters. The lowest BCUT2D eigenvalue weighted by molar-refractivity contribution is 0.0820. The molecule has 5 nitrogen and oxygen atoms in total. The summed E-state index contributed by atoms with van der Waals surface area (Å²) in [6.07, 6.45) is -0.458. The number of methoxy groups -OCH3 is 1. The van der Waals surface area contributed by atoms with E-state index in [0.717, 1.165) is 5.56 Å². The van der Waals surface area contributed by atoms with Crippen LogP contribution in [-0.2, 0) is 4.74 Å². The summed E-state index contributed by atoms with van der Waals surface area (Å²) in [5.74, 6) is -0.224. The summed E-state index contributed by atoms with van der Waals surface area (Å²) in [7, 11) is 1.51. The molecule has 0 radical (unpaired) electrons. The van der Waals surface area contributed by atoms with Gasteiger partial charge in [-0.25, -0.2) is 4.39 Å². The Morgan fingerprint density at radius 2 is 2.00 bits per heavy atom. The SMILES string of the molecule is CO[C@H](CNC(=O)c1cc(-c2ccccc2)on1)c1cccc(F)c1. The van der Waals surface area contributed by atoms with E-state index in [2.05, 4.69) is 10.5 Å². The molecule has 1 amide bonds. The maximum Gasteiger partial charge on any atom is 0.273 e. The van der Waals surface area contributed by atoms with E-state index in [1.165, 1.54) is 19.2 Å². The highest BCUT2D eigenvalue weighted by Gasteiger charge is 2.17. The van der Waals surface area contributed by atoms with E-state index >= 15 is 0 Å². The van der Waals surface area contributed by atoms with Gasteiger partial charge in [0, 0.05) is 25.3 Å². The molecule has 25 heavy (non-hydrogen) atoms. The number of aromatic nitrogens is 1. The Hall–Kier alpha value is -2.99. The first-order valence-electron chi connectivity index (χ1n) is 7.76. The van der Waals surface area contributed by atoms with Gasteiger partial charge in [-0.05, 0) is 17.7 Å². The molecule has 0 aliphatic heterocycles. The number of nitrogens with zero attached hydrogens (tertiary/aromatic N) is 1. The van der Waals surface area contributed by atoms with Crippen molar-refractivity contribution in [1.29, 1.82) is 0 Å². The van der Waals surface area contributed by atoms with Gasteiger partial charge < -0.3 is 14.6 Å². The molecular formula is C19H17FN2O3. The molecule has 1 heterocycles.